The molecule has 0 aliphatic carbocycles. The highest BCUT2D eigenvalue weighted by atomic mass is 19.4. The van der Waals surface area contributed by atoms with E-state index in [0.29, 0.717) is 0 Å². The van der Waals surface area contributed by atoms with E-state index in [1.54, 1.807) is 19.9 Å². The summed E-state index contributed by atoms with van der Waals surface area (Å²) < 4.78 is 37.5. The number of hydrogen-bond donors (Lipinski definition) is 0. The lowest BCUT2D eigenvalue weighted by molar-refractivity contribution is -0.137. The number of pyridine rings is 1. The minimum atomic E-state index is -4.50. The molecular weight excluding hydrogens is 205 g/mol. The molecule has 1 heterocycles. The van der Waals surface area contributed by atoms with Crippen LogP contribution >= 0.6 is 0 Å². The topological polar surface area (TPSA) is 36.7 Å². The Morgan fingerprint density at radius 3 is 2.40 bits per heavy atom. The van der Waals surface area contributed by atoms with Gasteiger partial charge < -0.3 is 0 Å². The quantitative estimate of drug-likeness (QED) is 0.720. The van der Waals surface area contributed by atoms with E-state index in [-0.39, 0.29) is 17.2 Å². The normalized spacial score (nSPS) is 11.5. The Kier molecular flexibility index (Phi) is 2.98. The van der Waals surface area contributed by atoms with Crippen LogP contribution in [-0.4, -0.2) is 4.98 Å². The fraction of sp³-hybridized carbons (Fsp3) is 0.400. The second-order valence-electron chi connectivity index (χ2n) is 3.38. The molecule has 5 heteroatoms. The van der Waals surface area contributed by atoms with Gasteiger partial charge in [-0.05, 0) is 12.0 Å². The van der Waals surface area contributed by atoms with Crippen LogP contribution in [-0.2, 0) is 6.18 Å². The van der Waals surface area contributed by atoms with Crippen molar-refractivity contribution in [3.63, 3.8) is 0 Å². The Balaban J connectivity index is 3.44. The van der Waals surface area contributed by atoms with Gasteiger partial charge in [0.05, 0.1) is 16.8 Å². The molecule has 0 N–H and O–H groups in total. The smallest absolute Gasteiger partial charge is 0.260 e. The summed E-state index contributed by atoms with van der Waals surface area (Å²) in [6.07, 6.45) is -3.42. The van der Waals surface area contributed by atoms with Crippen LogP contribution in [0.3, 0.4) is 0 Å². The third-order valence-electron chi connectivity index (χ3n) is 1.94. The molecule has 0 saturated heterocycles. The molecule has 0 bridgehead atoms. The van der Waals surface area contributed by atoms with Crippen molar-refractivity contribution >= 4 is 0 Å². The van der Waals surface area contributed by atoms with E-state index in [2.05, 4.69) is 4.98 Å². The lowest BCUT2D eigenvalue weighted by Crippen LogP contribution is -2.11. The van der Waals surface area contributed by atoms with Crippen molar-refractivity contribution in [2.75, 3.05) is 0 Å². The molecule has 0 atom stereocenters. The summed E-state index contributed by atoms with van der Waals surface area (Å²) in [5.74, 6) is -0.207. The van der Waals surface area contributed by atoms with Crippen molar-refractivity contribution < 1.29 is 13.2 Å². The molecule has 0 unspecified atom stereocenters. The van der Waals surface area contributed by atoms with E-state index in [4.69, 9.17) is 5.26 Å². The monoisotopic (exact) mass is 214 g/mol. The molecule has 15 heavy (non-hydrogen) atoms. The van der Waals surface area contributed by atoms with Gasteiger partial charge in [0.2, 0.25) is 0 Å². The number of aromatic nitrogens is 1. The number of rotatable bonds is 1. The highest BCUT2D eigenvalue weighted by molar-refractivity contribution is 5.43. The fourth-order valence-electron chi connectivity index (χ4n) is 1.27. The highest BCUT2D eigenvalue weighted by Gasteiger charge is 2.35. The van der Waals surface area contributed by atoms with Gasteiger partial charge in [-0.15, -0.1) is 0 Å². The SMILES string of the molecule is CC(C)c1nccc(C(F)(F)F)c1C#N. The van der Waals surface area contributed by atoms with Gasteiger partial charge in [-0.2, -0.15) is 18.4 Å². The largest absolute Gasteiger partial charge is 0.417 e. The van der Waals surface area contributed by atoms with E-state index >= 15 is 0 Å². The second-order valence-corrected chi connectivity index (χ2v) is 3.38. The van der Waals surface area contributed by atoms with Crippen molar-refractivity contribution in [1.29, 1.82) is 5.26 Å². The van der Waals surface area contributed by atoms with Gasteiger partial charge >= 0.3 is 6.18 Å². The molecule has 0 radical (unpaired) electrons. The van der Waals surface area contributed by atoms with Crippen LogP contribution in [0.5, 0.6) is 0 Å². The van der Waals surface area contributed by atoms with Gasteiger partial charge in [0.1, 0.15) is 6.07 Å². The average molecular weight is 214 g/mol. The van der Waals surface area contributed by atoms with Gasteiger partial charge in [0, 0.05) is 6.20 Å². The summed E-state index contributed by atoms with van der Waals surface area (Å²) in [5.41, 5.74) is -1.10. The number of nitrogens with zero attached hydrogens (tertiary/aromatic N) is 2. The zero-order chi connectivity index (χ0) is 11.6. The van der Waals surface area contributed by atoms with Gasteiger partial charge in [0.25, 0.3) is 0 Å². The number of alkyl halides is 3. The third kappa shape index (κ3) is 2.27. The maximum Gasteiger partial charge on any atom is 0.417 e. The lowest BCUT2D eigenvalue weighted by atomic mass is 10.00. The number of hydrogen-bond acceptors (Lipinski definition) is 2. The Hall–Kier alpha value is -1.57. The minimum absolute atomic E-state index is 0.187. The molecule has 1 aromatic heterocycles. The molecule has 1 aromatic rings. The van der Waals surface area contributed by atoms with Gasteiger partial charge in [-0.1, -0.05) is 13.8 Å². The summed E-state index contributed by atoms with van der Waals surface area (Å²) >= 11 is 0. The molecule has 80 valence electrons. The maximum absolute atomic E-state index is 12.5. The maximum atomic E-state index is 12.5. The van der Waals surface area contributed by atoms with Crippen molar-refractivity contribution in [2.45, 2.75) is 25.9 Å². The van der Waals surface area contributed by atoms with Crippen LogP contribution in [0.25, 0.3) is 0 Å². The average Bonchev–Trinajstić information content (AvgIpc) is 2.15. The minimum Gasteiger partial charge on any atom is -0.260 e. The predicted molar refractivity (Wildman–Crippen MR) is 48.0 cm³/mol. The van der Waals surface area contributed by atoms with E-state index in [9.17, 15) is 13.2 Å². The summed E-state index contributed by atoms with van der Waals surface area (Å²) in [4.78, 5) is 3.80. The first-order chi connectivity index (χ1) is 6.88. The van der Waals surface area contributed by atoms with Crippen LogP contribution < -0.4 is 0 Å². The molecular formula is C10H9F3N2. The standard InChI is InChI=1S/C10H9F3N2/c1-6(2)9-7(5-14)8(3-4-15-9)10(11,12)13/h3-4,6H,1-2H3. The van der Waals surface area contributed by atoms with Crippen molar-refractivity contribution in [3.8, 4) is 6.07 Å². The third-order valence-corrected chi connectivity index (χ3v) is 1.94. The Labute approximate surface area is 85.4 Å². The molecule has 0 aliphatic heterocycles. The Bertz CT molecular complexity index is 402. The second kappa shape index (κ2) is 3.89. The highest BCUT2D eigenvalue weighted by Crippen LogP contribution is 2.33. The molecule has 2 nitrogen and oxygen atoms in total. The summed E-state index contributed by atoms with van der Waals surface area (Å²) in [7, 11) is 0. The summed E-state index contributed by atoms with van der Waals surface area (Å²) in [5, 5.41) is 8.72. The lowest BCUT2D eigenvalue weighted by Gasteiger charge is -2.12. The Morgan fingerprint density at radius 2 is 2.00 bits per heavy atom. The molecule has 0 aromatic carbocycles. The molecule has 1 rings (SSSR count). The van der Waals surface area contributed by atoms with E-state index < -0.39 is 11.7 Å². The van der Waals surface area contributed by atoms with Gasteiger partial charge in [0.15, 0.2) is 0 Å². The Morgan fingerprint density at radius 1 is 1.40 bits per heavy atom. The van der Waals surface area contributed by atoms with Gasteiger partial charge in [-0.25, -0.2) is 0 Å². The molecule has 0 saturated carbocycles. The summed E-state index contributed by atoms with van der Waals surface area (Å²) in [6.45, 7) is 3.40. The van der Waals surface area contributed by atoms with Crippen molar-refractivity contribution in [2.24, 2.45) is 0 Å². The van der Waals surface area contributed by atoms with E-state index in [0.717, 1.165) is 12.3 Å². The van der Waals surface area contributed by atoms with Crippen LogP contribution in [0.15, 0.2) is 12.3 Å². The molecule has 0 amide bonds. The van der Waals surface area contributed by atoms with Crippen LogP contribution in [0.2, 0.25) is 0 Å². The molecule has 0 aliphatic rings. The van der Waals surface area contributed by atoms with Gasteiger partial charge in [-0.3, -0.25) is 4.98 Å². The van der Waals surface area contributed by atoms with Crippen LogP contribution in [0, 0.1) is 11.3 Å². The number of nitriles is 1. The first-order valence-corrected chi connectivity index (χ1v) is 4.34. The zero-order valence-electron chi connectivity index (χ0n) is 8.26. The first-order valence-electron chi connectivity index (χ1n) is 4.34. The summed E-state index contributed by atoms with van der Waals surface area (Å²) in [6, 6.07) is 2.39. The zero-order valence-corrected chi connectivity index (χ0v) is 8.26. The fourth-order valence-corrected chi connectivity index (χ4v) is 1.27. The number of halogens is 3. The first kappa shape index (κ1) is 11.5. The van der Waals surface area contributed by atoms with Crippen LogP contribution in [0.1, 0.15) is 36.6 Å². The van der Waals surface area contributed by atoms with Crippen molar-refractivity contribution in [3.05, 3.63) is 29.1 Å². The van der Waals surface area contributed by atoms with E-state index in [1.807, 2.05) is 0 Å². The van der Waals surface area contributed by atoms with Crippen LogP contribution in [0.4, 0.5) is 13.2 Å². The van der Waals surface area contributed by atoms with E-state index in [1.165, 1.54) is 0 Å². The predicted octanol–water partition coefficient (Wildman–Crippen LogP) is 3.10. The molecule has 0 fully saturated rings. The molecule has 0 spiro atoms. The van der Waals surface area contributed by atoms with Crippen molar-refractivity contribution in [1.82, 2.24) is 4.98 Å².